The minimum absolute atomic E-state index is 0.168. The molecule has 0 aromatic rings. The summed E-state index contributed by atoms with van der Waals surface area (Å²) in [6, 6.07) is 0. The van der Waals surface area contributed by atoms with Crippen LogP contribution in [-0.4, -0.2) is 17.0 Å². The Bertz CT molecular complexity index is 240. The number of carbonyl (C=O) groups is 1. The van der Waals surface area contributed by atoms with Gasteiger partial charge in [-0.25, -0.2) is 0 Å². The number of aliphatic hydroxyl groups excluding tert-OH is 1. The third kappa shape index (κ3) is 11.5. The van der Waals surface area contributed by atoms with E-state index in [0.717, 1.165) is 12.8 Å². The summed E-state index contributed by atoms with van der Waals surface area (Å²) in [5.74, 6) is 0.168. The monoisotopic (exact) mass is 284 g/mol. The number of Topliss-reactive ketones (excluding diaryl/α,β-unsaturated/α-hetero) is 1. The minimum Gasteiger partial charge on any atom is -0.393 e. The second-order valence-corrected chi connectivity index (χ2v) is 7.15. The Labute approximate surface area is 126 Å². The van der Waals surface area contributed by atoms with Crippen LogP contribution in [0.3, 0.4) is 0 Å². The lowest BCUT2D eigenvalue weighted by molar-refractivity contribution is -0.128. The van der Waals surface area contributed by atoms with Crippen LogP contribution in [-0.2, 0) is 4.79 Å². The molecule has 2 nitrogen and oxygen atoms in total. The number of unbranched alkanes of at least 4 members (excludes halogenated alkanes) is 8. The van der Waals surface area contributed by atoms with E-state index in [-0.39, 0.29) is 11.2 Å². The highest BCUT2D eigenvalue weighted by atomic mass is 16.3. The van der Waals surface area contributed by atoms with Crippen molar-refractivity contribution in [3.63, 3.8) is 0 Å². The van der Waals surface area contributed by atoms with Crippen molar-refractivity contribution < 1.29 is 9.90 Å². The molecule has 0 radical (unpaired) electrons. The molecule has 0 saturated heterocycles. The van der Waals surface area contributed by atoms with E-state index in [9.17, 15) is 9.90 Å². The molecule has 0 heterocycles. The lowest BCUT2D eigenvalue weighted by atomic mass is 9.87. The molecule has 1 N–H and O–H groups in total. The lowest BCUT2D eigenvalue weighted by Crippen LogP contribution is -2.25. The highest BCUT2D eigenvalue weighted by molar-refractivity contribution is 5.83. The van der Waals surface area contributed by atoms with E-state index in [1.807, 2.05) is 20.8 Å². The number of rotatable bonds is 12. The van der Waals surface area contributed by atoms with Crippen molar-refractivity contribution in [3.8, 4) is 0 Å². The van der Waals surface area contributed by atoms with Gasteiger partial charge in [0.25, 0.3) is 0 Å². The molecule has 20 heavy (non-hydrogen) atoms. The summed E-state index contributed by atoms with van der Waals surface area (Å²) in [5, 5.41) is 9.86. The van der Waals surface area contributed by atoms with Crippen LogP contribution in [0.15, 0.2) is 0 Å². The molecule has 0 aliphatic carbocycles. The fourth-order valence-corrected chi connectivity index (χ4v) is 2.31. The third-order valence-corrected chi connectivity index (χ3v) is 3.90. The molecule has 0 spiro atoms. The average molecular weight is 284 g/mol. The van der Waals surface area contributed by atoms with E-state index >= 15 is 0 Å². The van der Waals surface area contributed by atoms with Gasteiger partial charge in [-0.15, -0.1) is 0 Å². The van der Waals surface area contributed by atoms with Crippen LogP contribution in [0.4, 0.5) is 0 Å². The van der Waals surface area contributed by atoms with E-state index in [0.29, 0.717) is 6.42 Å². The molecule has 0 aliphatic heterocycles. The van der Waals surface area contributed by atoms with E-state index in [2.05, 4.69) is 6.92 Å². The standard InChI is InChI=1S/C18H36O2/c1-5-6-7-8-9-10-11-12-13-14-16(19)15-17(20)18(2,3)4/h16,19H,5-15H2,1-4H3/t16-/m1/s1. The fraction of sp³-hybridized carbons (Fsp3) is 0.944. The van der Waals surface area contributed by atoms with Gasteiger partial charge in [-0.3, -0.25) is 4.79 Å². The SMILES string of the molecule is CCCCCCCCCCC[C@@H](O)CC(=O)C(C)(C)C. The Morgan fingerprint density at radius 2 is 1.35 bits per heavy atom. The van der Waals surface area contributed by atoms with Gasteiger partial charge in [-0.05, 0) is 6.42 Å². The molecular formula is C18H36O2. The quantitative estimate of drug-likeness (QED) is 0.495. The first-order valence-corrected chi connectivity index (χ1v) is 8.59. The molecule has 0 bridgehead atoms. The normalized spacial score (nSPS) is 13.4. The molecule has 0 aliphatic rings. The Morgan fingerprint density at radius 1 is 0.900 bits per heavy atom. The number of carbonyl (C=O) groups excluding carboxylic acids is 1. The van der Waals surface area contributed by atoms with Crippen LogP contribution in [0.1, 0.15) is 98.3 Å². The van der Waals surface area contributed by atoms with Gasteiger partial charge in [0, 0.05) is 11.8 Å². The summed E-state index contributed by atoms with van der Waals surface area (Å²) >= 11 is 0. The van der Waals surface area contributed by atoms with Crippen molar-refractivity contribution in [1.29, 1.82) is 0 Å². The molecular weight excluding hydrogens is 248 g/mol. The number of ketones is 1. The second kappa shape index (κ2) is 11.3. The van der Waals surface area contributed by atoms with Crippen LogP contribution in [0.5, 0.6) is 0 Å². The Morgan fingerprint density at radius 3 is 1.80 bits per heavy atom. The van der Waals surface area contributed by atoms with Crippen molar-refractivity contribution in [1.82, 2.24) is 0 Å². The summed E-state index contributed by atoms with van der Waals surface area (Å²) < 4.78 is 0. The maximum atomic E-state index is 11.8. The van der Waals surface area contributed by atoms with Gasteiger partial charge in [-0.1, -0.05) is 85.5 Å². The predicted octanol–water partition coefficient (Wildman–Crippen LogP) is 5.27. The van der Waals surface area contributed by atoms with E-state index < -0.39 is 6.10 Å². The van der Waals surface area contributed by atoms with E-state index in [1.54, 1.807) is 0 Å². The van der Waals surface area contributed by atoms with Crippen LogP contribution in [0, 0.1) is 5.41 Å². The third-order valence-electron chi connectivity index (χ3n) is 3.90. The molecule has 0 unspecified atom stereocenters. The van der Waals surface area contributed by atoms with Crippen LogP contribution < -0.4 is 0 Å². The first-order valence-electron chi connectivity index (χ1n) is 8.59. The summed E-state index contributed by atoms with van der Waals surface area (Å²) in [6.07, 6.45) is 12.3. The topological polar surface area (TPSA) is 37.3 Å². The summed E-state index contributed by atoms with van der Waals surface area (Å²) in [5.41, 5.74) is -0.320. The molecule has 0 saturated carbocycles. The molecule has 120 valence electrons. The van der Waals surface area contributed by atoms with Crippen molar-refractivity contribution in [3.05, 3.63) is 0 Å². The second-order valence-electron chi connectivity index (χ2n) is 7.15. The van der Waals surface area contributed by atoms with Gasteiger partial charge >= 0.3 is 0 Å². The predicted molar refractivity (Wildman–Crippen MR) is 86.9 cm³/mol. The number of hydrogen-bond acceptors (Lipinski definition) is 2. The van der Waals surface area contributed by atoms with Crippen molar-refractivity contribution in [2.45, 2.75) is 104 Å². The Balaban J connectivity index is 3.40. The van der Waals surface area contributed by atoms with E-state index in [4.69, 9.17) is 0 Å². The van der Waals surface area contributed by atoms with Gasteiger partial charge in [-0.2, -0.15) is 0 Å². The molecule has 2 heteroatoms. The zero-order valence-corrected chi connectivity index (χ0v) is 14.2. The molecule has 0 amide bonds. The van der Waals surface area contributed by atoms with Crippen LogP contribution in [0.2, 0.25) is 0 Å². The van der Waals surface area contributed by atoms with Crippen molar-refractivity contribution in [2.75, 3.05) is 0 Å². The summed E-state index contributed by atoms with van der Waals surface area (Å²) in [4.78, 5) is 11.8. The van der Waals surface area contributed by atoms with E-state index in [1.165, 1.54) is 51.4 Å². The maximum Gasteiger partial charge on any atom is 0.140 e. The van der Waals surface area contributed by atoms with Gasteiger partial charge in [0.2, 0.25) is 0 Å². The minimum atomic E-state index is -0.439. The zero-order valence-electron chi connectivity index (χ0n) is 14.2. The highest BCUT2D eigenvalue weighted by Crippen LogP contribution is 2.19. The summed E-state index contributed by atoms with van der Waals surface area (Å²) in [7, 11) is 0. The zero-order chi connectivity index (χ0) is 15.4. The fourth-order valence-electron chi connectivity index (χ4n) is 2.31. The van der Waals surface area contributed by atoms with Crippen molar-refractivity contribution in [2.24, 2.45) is 5.41 Å². The van der Waals surface area contributed by atoms with Gasteiger partial charge in [0.15, 0.2) is 0 Å². The molecule has 0 aromatic carbocycles. The van der Waals surface area contributed by atoms with Gasteiger partial charge < -0.3 is 5.11 Å². The molecule has 0 aromatic heterocycles. The Hall–Kier alpha value is -0.370. The molecule has 0 fully saturated rings. The highest BCUT2D eigenvalue weighted by Gasteiger charge is 2.23. The Kier molecular flexibility index (Phi) is 11.1. The lowest BCUT2D eigenvalue weighted by Gasteiger charge is -2.19. The summed E-state index contributed by atoms with van der Waals surface area (Å²) in [6.45, 7) is 8.00. The van der Waals surface area contributed by atoms with Crippen LogP contribution in [0.25, 0.3) is 0 Å². The number of aliphatic hydroxyl groups is 1. The first-order chi connectivity index (χ1) is 9.38. The first kappa shape index (κ1) is 19.6. The average Bonchev–Trinajstić information content (AvgIpc) is 2.35. The number of hydrogen-bond donors (Lipinski definition) is 1. The molecule has 1 atom stereocenters. The molecule has 0 rings (SSSR count). The van der Waals surface area contributed by atoms with Crippen LogP contribution >= 0.6 is 0 Å². The smallest absolute Gasteiger partial charge is 0.140 e. The van der Waals surface area contributed by atoms with Crippen molar-refractivity contribution >= 4 is 5.78 Å². The van der Waals surface area contributed by atoms with Gasteiger partial charge in [0.05, 0.1) is 6.10 Å². The maximum absolute atomic E-state index is 11.8. The van der Waals surface area contributed by atoms with Gasteiger partial charge in [0.1, 0.15) is 5.78 Å². The largest absolute Gasteiger partial charge is 0.393 e.